The van der Waals surface area contributed by atoms with Gasteiger partial charge in [-0.2, -0.15) is 0 Å². The van der Waals surface area contributed by atoms with Crippen molar-refractivity contribution in [1.82, 2.24) is 4.98 Å². The minimum Gasteiger partial charge on any atom is -0.366 e. The number of hydrogen-bond acceptors (Lipinski definition) is 6. The molecule has 0 unspecified atom stereocenters. The number of hydrogen-bond donors (Lipinski definition) is 2. The molecule has 130 valence electrons. The smallest absolute Gasteiger partial charge is 0.265 e. The zero-order valence-corrected chi connectivity index (χ0v) is 15.5. The molecule has 0 fully saturated rings. The van der Waals surface area contributed by atoms with E-state index in [2.05, 4.69) is 29.0 Å². The van der Waals surface area contributed by atoms with Crippen LogP contribution in [0.25, 0.3) is 9.53 Å². The third kappa shape index (κ3) is 3.64. The van der Waals surface area contributed by atoms with Crippen LogP contribution >= 0.6 is 22.7 Å². The summed E-state index contributed by atoms with van der Waals surface area (Å²) in [6.07, 6.45) is 0. The molecule has 0 aliphatic rings. The standard InChI is InChI=1S/C17H18N4O2S2/c1-3-21(4-2)17-20-16-13(25-17)9-12(24-16)15(23)19-11-7-5-6-10(8-11)14(18)22/h5-9H,3-4H2,1-2H3,(H2,18,22)(H,19,23). The van der Waals surface area contributed by atoms with Gasteiger partial charge in [0.25, 0.3) is 5.91 Å². The normalized spacial score (nSPS) is 10.8. The predicted molar refractivity (Wildman–Crippen MR) is 104 cm³/mol. The van der Waals surface area contributed by atoms with E-state index in [0.29, 0.717) is 16.1 Å². The SMILES string of the molecule is CCN(CC)c1nc2sc(C(=O)Nc3cccc(C(N)=O)c3)cc2s1. The van der Waals surface area contributed by atoms with Crippen molar-refractivity contribution < 1.29 is 9.59 Å². The summed E-state index contributed by atoms with van der Waals surface area (Å²) in [5.41, 5.74) is 6.16. The number of benzene rings is 1. The first-order valence-corrected chi connectivity index (χ1v) is 9.51. The van der Waals surface area contributed by atoms with Gasteiger partial charge in [-0.1, -0.05) is 17.4 Å². The second-order valence-electron chi connectivity index (χ2n) is 5.35. The number of nitrogens with two attached hydrogens (primary N) is 1. The van der Waals surface area contributed by atoms with E-state index in [1.165, 1.54) is 11.3 Å². The van der Waals surface area contributed by atoms with Gasteiger partial charge in [-0.15, -0.1) is 11.3 Å². The van der Waals surface area contributed by atoms with Gasteiger partial charge in [0.2, 0.25) is 5.91 Å². The van der Waals surface area contributed by atoms with Crippen molar-refractivity contribution in [3.63, 3.8) is 0 Å². The minimum atomic E-state index is -0.527. The van der Waals surface area contributed by atoms with Gasteiger partial charge in [0, 0.05) is 24.3 Å². The number of rotatable bonds is 6. The zero-order valence-electron chi connectivity index (χ0n) is 13.9. The molecule has 0 aliphatic heterocycles. The van der Waals surface area contributed by atoms with Crippen LogP contribution in [0.2, 0.25) is 0 Å². The lowest BCUT2D eigenvalue weighted by molar-refractivity contribution is 0.0996. The lowest BCUT2D eigenvalue weighted by Crippen LogP contribution is -2.21. The topological polar surface area (TPSA) is 88.3 Å². The number of carbonyl (C=O) groups excluding carboxylic acids is 2. The van der Waals surface area contributed by atoms with Gasteiger partial charge in [-0.25, -0.2) is 4.98 Å². The van der Waals surface area contributed by atoms with Crippen molar-refractivity contribution in [2.24, 2.45) is 5.73 Å². The molecule has 0 bridgehead atoms. The maximum atomic E-state index is 12.4. The van der Waals surface area contributed by atoms with Gasteiger partial charge in [0.1, 0.15) is 4.83 Å². The van der Waals surface area contributed by atoms with Crippen molar-refractivity contribution in [3.8, 4) is 0 Å². The second kappa shape index (κ2) is 7.20. The Morgan fingerprint density at radius 2 is 1.96 bits per heavy atom. The first-order valence-electron chi connectivity index (χ1n) is 7.88. The molecule has 3 rings (SSSR count). The first-order chi connectivity index (χ1) is 12.0. The average Bonchev–Trinajstić information content (AvgIpc) is 3.15. The maximum absolute atomic E-state index is 12.4. The third-order valence-corrected chi connectivity index (χ3v) is 5.96. The Labute approximate surface area is 153 Å². The minimum absolute atomic E-state index is 0.221. The number of primary amides is 1. The molecule has 0 saturated carbocycles. The van der Waals surface area contributed by atoms with Crippen LogP contribution in [-0.2, 0) is 0 Å². The van der Waals surface area contributed by atoms with Crippen LogP contribution in [-0.4, -0.2) is 29.9 Å². The molecule has 0 aliphatic carbocycles. The summed E-state index contributed by atoms with van der Waals surface area (Å²) in [6.45, 7) is 6.00. The zero-order chi connectivity index (χ0) is 18.0. The van der Waals surface area contributed by atoms with Crippen molar-refractivity contribution in [2.75, 3.05) is 23.3 Å². The quantitative estimate of drug-likeness (QED) is 0.690. The highest BCUT2D eigenvalue weighted by Gasteiger charge is 2.16. The molecule has 8 heteroatoms. The Morgan fingerprint density at radius 3 is 2.60 bits per heavy atom. The summed E-state index contributed by atoms with van der Waals surface area (Å²) in [6, 6.07) is 8.43. The number of carbonyl (C=O) groups is 2. The molecule has 1 aromatic carbocycles. The van der Waals surface area contributed by atoms with Gasteiger partial charge in [0.05, 0.1) is 9.58 Å². The summed E-state index contributed by atoms with van der Waals surface area (Å²) in [4.78, 5) is 31.9. The molecule has 25 heavy (non-hydrogen) atoms. The van der Waals surface area contributed by atoms with E-state index < -0.39 is 5.91 Å². The Morgan fingerprint density at radius 1 is 1.20 bits per heavy atom. The van der Waals surface area contributed by atoms with E-state index >= 15 is 0 Å². The van der Waals surface area contributed by atoms with Gasteiger partial charge in [-0.05, 0) is 38.1 Å². The number of fused-ring (bicyclic) bond motifs is 1. The third-order valence-electron chi connectivity index (χ3n) is 3.74. The average molecular weight is 374 g/mol. The summed E-state index contributed by atoms with van der Waals surface area (Å²) in [5.74, 6) is -0.748. The molecule has 2 aromatic heterocycles. The number of thiazole rings is 1. The molecular weight excluding hydrogens is 356 g/mol. The Hall–Kier alpha value is -2.45. The van der Waals surface area contributed by atoms with E-state index in [1.54, 1.807) is 35.6 Å². The van der Waals surface area contributed by atoms with E-state index in [9.17, 15) is 9.59 Å². The summed E-state index contributed by atoms with van der Waals surface area (Å²) in [7, 11) is 0. The molecule has 0 radical (unpaired) electrons. The van der Waals surface area contributed by atoms with E-state index in [1.807, 2.05) is 6.07 Å². The monoisotopic (exact) mass is 374 g/mol. The molecule has 2 heterocycles. The lowest BCUT2D eigenvalue weighted by atomic mass is 10.2. The Kier molecular flexibility index (Phi) is 5.00. The predicted octanol–water partition coefficient (Wildman–Crippen LogP) is 3.56. The van der Waals surface area contributed by atoms with Crippen LogP contribution in [0.15, 0.2) is 30.3 Å². The number of aromatic nitrogens is 1. The molecule has 6 nitrogen and oxygen atoms in total. The molecule has 2 amide bonds. The molecule has 0 saturated heterocycles. The number of anilines is 2. The first kappa shape index (κ1) is 17.4. The van der Waals surface area contributed by atoms with Crippen LogP contribution in [0.4, 0.5) is 10.8 Å². The van der Waals surface area contributed by atoms with Crippen molar-refractivity contribution >= 4 is 54.8 Å². The highest BCUT2D eigenvalue weighted by Crippen LogP contribution is 2.34. The van der Waals surface area contributed by atoms with Crippen LogP contribution in [0, 0.1) is 0 Å². The molecule has 3 N–H and O–H groups in total. The van der Waals surface area contributed by atoms with Crippen molar-refractivity contribution in [2.45, 2.75) is 13.8 Å². The largest absolute Gasteiger partial charge is 0.366 e. The van der Waals surface area contributed by atoms with E-state index in [0.717, 1.165) is 27.8 Å². The van der Waals surface area contributed by atoms with E-state index in [-0.39, 0.29) is 5.91 Å². The van der Waals surface area contributed by atoms with Crippen LogP contribution in [0.3, 0.4) is 0 Å². The molecular formula is C17H18N4O2S2. The summed E-state index contributed by atoms with van der Waals surface area (Å²) < 4.78 is 1.00. The number of nitrogens with one attached hydrogen (secondary N) is 1. The Bertz CT molecular complexity index is 896. The van der Waals surface area contributed by atoms with Gasteiger partial charge < -0.3 is 16.0 Å². The number of nitrogens with zero attached hydrogens (tertiary/aromatic N) is 2. The molecule has 0 atom stereocenters. The second-order valence-corrected chi connectivity index (χ2v) is 7.39. The highest BCUT2D eigenvalue weighted by atomic mass is 32.1. The fourth-order valence-corrected chi connectivity index (χ4v) is 4.64. The van der Waals surface area contributed by atoms with Gasteiger partial charge in [0.15, 0.2) is 5.13 Å². The number of thiophene rings is 1. The Balaban J connectivity index is 1.79. The number of amides is 2. The highest BCUT2D eigenvalue weighted by molar-refractivity contribution is 7.29. The van der Waals surface area contributed by atoms with Crippen molar-refractivity contribution in [3.05, 3.63) is 40.8 Å². The lowest BCUT2D eigenvalue weighted by Gasteiger charge is -2.16. The summed E-state index contributed by atoms with van der Waals surface area (Å²) in [5, 5.41) is 3.77. The van der Waals surface area contributed by atoms with Gasteiger partial charge in [-0.3, -0.25) is 9.59 Å². The summed E-state index contributed by atoms with van der Waals surface area (Å²) >= 11 is 2.95. The van der Waals surface area contributed by atoms with Crippen LogP contribution < -0.4 is 16.0 Å². The molecule has 3 aromatic rings. The fraction of sp³-hybridized carbons (Fsp3) is 0.235. The van der Waals surface area contributed by atoms with Gasteiger partial charge >= 0.3 is 0 Å². The van der Waals surface area contributed by atoms with E-state index in [4.69, 9.17) is 5.73 Å². The fourth-order valence-electron chi connectivity index (χ4n) is 2.41. The van der Waals surface area contributed by atoms with Crippen molar-refractivity contribution in [1.29, 1.82) is 0 Å². The maximum Gasteiger partial charge on any atom is 0.265 e. The van der Waals surface area contributed by atoms with Crippen LogP contribution in [0.5, 0.6) is 0 Å². The molecule has 0 spiro atoms. The van der Waals surface area contributed by atoms with Crippen LogP contribution in [0.1, 0.15) is 33.9 Å².